The predicted octanol–water partition coefficient (Wildman–Crippen LogP) is 0.826. The third kappa shape index (κ3) is 4.83. The zero-order valence-electron chi connectivity index (χ0n) is 12.7. The van der Waals surface area contributed by atoms with Crippen LogP contribution in [0.25, 0.3) is 0 Å². The summed E-state index contributed by atoms with van der Waals surface area (Å²) in [5.41, 5.74) is -0.0112. The minimum absolute atomic E-state index is 0.00694. The quantitative estimate of drug-likeness (QED) is 0.704. The maximum atomic E-state index is 12.2. The Morgan fingerprint density at radius 2 is 2.10 bits per heavy atom. The molecule has 0 aliphatic heterocycles. The van der Waals surface area contributed by atoms with E-state index in [1.807, 2.05) is 25.8 Å². The Labute approximate surface area is 125 Å². The molecule has 0 saturated carbocycles. The average Bonchev–Trinajstić information content (AvgIpc) is 2.83. The number of hydrogen-bond acceptors (Lipinski definition) is 4. The highest BCUT2D eigenvalue weighted by Gasteiger charge is 2.20. The number of nitrogens with one attached hydrogen (secondary N) is 1. The van der Waals surface area contributed by atoms with Crippen LogP contribution in [0.2, 0.25) is 0 Å². The van der Waals surface area contributed by atoms with Crippen molar-refractivity contribution in [3.05, 3.63) is 18.0 Å². The van der Waals surface area contributed by atoms with E-state index in [1.54, 1.807) is 0 Å². The van der Waals surface area contributed by atoms with Gasteiger partial charge in [0.1, 0.15) is 10.6 Å². The van der Waals surface area contributed by atoms with Gasteiger partial charge in [0.2, 0.25) is 10.0 Å². The van der Waals surface area contributed by atoms with Crippen LogP contribution in [0.4, 0.5) is 0 Å². The van der Waals surface area contributed by atoms with Gasteiger partial charge in [0, 0.05) is 25.8 Å². The first-order valence-electron chi connectivity index (χ1n) is 6.93. The first kappa shape index (κ1) is 17.7. The maximum Gasteiger partial charge on any atom is 0.352 e. The summed E-state index contributed by atoms with van der Waals surface area (Å²) >= 11 is 0. The molecule has 1 heterocycles. The van der Waals surface area contributed by atoms with Gasteiger partial charge in [-0.25, -0.2) is 17.9 Å². The van der Waals surface area contributed by atoms with Crippen molar-refractivity contribution >= 4 is 16.0 Å². The molecule has 0 atom stereocenters. The van der Waals surface area contributed by atoms with Crippen LogP contribution in [0.15, 0.2) is 17.2 Å². The second-order valence-electron chi connectivity index (χ2n) is 4.85. The van der Waals surface area contributed by atoms with Crippen molar-refractivity contribution in [1.29, 1.82) is 0 Å². The van der Waals surface area contributed by atoms with Crippen molar-refractivity contribution in [3.8, 4) is 0 Å². The van der Waals surface area contributed by atoms with Gasteiger partial charge in [0.05, 0.1) is 0 Å². The molecule has 0 fully saturated rings. The lowest BCUT2D eigenvalue weighted by molar-refractivity contribution is 0.0685. The molecular weight excluding hydrogens is 294 g/mol. The normalized spacial score (nSPS) is 12.0. The molecule has 1 aromatic heterocycles. The van der Waals surface area contributed by atoms with Crippen molar-refractivity contribution in [1.82, 2.24) is 14.2 Å². The number of aromatic nitrogens is 1. The standard InChI is InChI=1S/C13H23N3O4S/c1-4-7-16-10-11(9-12(16)13(17)18)21(19,20)14-6-8-15(3)5-2/h9-10,14H,4-8H2,1-3H3,(H,17,18). The molecule has 1 aromatic rings. The molecule has 0 bridgehead atoms. The first-order valence-corrected chi connectivity index (χ1v) is 8.41. The topological polar surface area (TPSA) is 91.6 Å². The predicted molar refractivity (Wildman–Crippen MR) is 80.0 cm³/mol. The fourth-order valence-corrected chi connectivity index (χ4v) is 2.91. The molecule has 21 heavy (non-hydrogen) atoms. The van der Waals surface area contributed by atoms with Gasteiger partial charge in [-0.3, -0.25) is 0 Å². The summed E-state index contributed by atoms with van der Waals surface area (Å²) in [7, 11) is -1.78. The van der Waals surface area contributed by atoms with E-state index < -0.39 is 16.0 Å². The van der Waals surface area contributed by atoms with Crippen molar-refractivity contribution in [2.45, 2.75) is 31.7 Å². The highest BCUT2D eigenvalue weighted by Crippen LogP contribution is 2.15. The van der Waals surface area contributed by atoms with E-state index in [9.17, 15) is 13.2 Å². The lowest BCUT2D eigenvalue weighted by atomic mass is 10.4. The average molecular weight is 317 g/mol. The van der Waals surface area contributed by atoms with E-state index in [1.165, 1.54) is 16.8 Å². The Kier molecular flexibility index (Phi) is 6.38. The van der Waals surface area contributed by atoms with Gasteiger partial charge in [-0.2, -0.15) is 0 Å². The van der Waals surface area contributed by atoms with Gasteiger partial charge in [-0.05, 0) is 26.1 Å². The number of carboxylic acids is 1. The van der Waals surface area contributed by atoms with E-state index in [4.69, 9.17) is 5.11 Å². The molecule has 0 aliphatic carbocycles. The summed E-state index contributed by atoms with van der Waals surface area (Å²) in [5, 5.41) is 9.11. The zero-order valence-corrected chi connectivity index (χ0v) is 13.5. The number of carboxylic acid groups (broad SMARTS) is 1. The molecular formula is C13H23N3O4S. The van der Waals surface area contributed by atoms with Gasteiger partial charge < -0.3 is 14.6 Å². The van der Waals surface area contributed by atoms with Gasteiger partial charge in [0.15, 0.2) is 0 Å². The van der Waals surface area contributed by atoms with Gasteiger partial charge >= 0.3 is 5.97 Å². The second kappa shape index (κ2) is 7.58. The molecule has 0 spiro atoms. The fourth-order valence-electron chi connectivity index (χ4n) is 1.85. The van der Waals surface area contributed by atoms with Crippen molar-refractivity contribution < 1.29 is 18.3 Å². The number of aryl methyl sites for hydroxylation is 1. The van der Waals surface area contributed by atoms with Crippen LogP contribution < -0.4 is 4.72 Å². The Bertz CT molecular complexity index is 580. The Morgan fingerprint density at radius 1 is 1.43 bits per heavy atom. The molecule has 1 rings (SSSR count). The lowest BCUT2D eigenvalue weighted by Gasteiger charge is -2.13. The number of sulfonamides is 1. The highest BCUT2D eigenvalue weighted by molar-refractivity contribution is 7.89. The highest BCUT2D eigenvalue weighted by atomic mass is 32.2. The summed E-state index contributed by atoms with van der Waals surface area (Å²) in [6, 6.07) is 1.20. The van der Waals surface area contributed by atoms with Crippen LogP contribution in [-0.4, -0.2) is 55.6 Å². The number of likely N-dealkylation sites (N-methyl/N-ethyl adjacent to an activating group) is 1. The molecule has 120 valence electrons. The summed E-state index contributed by atoms with van der Waals surface area (Å²) in [5.74, 6) is -1.13. The second-order valence-corrected chi connectivity index (χ2v) is 6.62. The van der Waals surface area contributed by atoms with Crippen LogP contribution in [0.5, 0.6) is 0 Å². The van der Waals surface area contributed by atoms with E-state index in [0.717, 1.165) is 13.0 Å². The van der Waals surface area contributed by atoms with Gasteiger partial charge in [-0.1, -0.05) is 13.8 Å². The van der Waals surface area contributed by atoms with E-state index in [2.05, 4.69) is 4.72 Å². The minimum Gasteiger partial charge on any atom is -0.477 e. The molecule has 0 radical (unpaired) electrons. The van der Waals surface area contributed by atoms with Crippen LogP contribution >= 0.6 is 0 Å². The number of rotatable bonds is 9. The van der Waals surface area contributed by atoms with Crippen LogP contribution in [0, 0.1) is 0 Å². The molecule has 0 saturated heterocycles. The van der Waals surface area contributed by atoms with Crippen LogP contribution in [0.3, 0.4) is 0 Å². The summed E-state index contributed by atoms with van der Waals surface area (Å²) in [6.45, 7) is 6.07. The SMILES string of the molecule is CCCn1cc(S(=O)(=O)NCCN(C)CC)cc1C(=O)O. The number of hydrogen-bond donors (Lipinski definition) is 2. The smallest absolute Gasteiger partial charge is 0.352 e. The first-order chi connectivity index (χ1) is 9.81. The van der Waals surface area contributed by atoms with Crippen LogP contribution in [-0.2, 0) is 16.6 Å². The molecule has 0 aliphatic rings. The monoisotopic (exact) mass is 317 g/mol. The minimum atomic E-state index is -3.68. The summed E-state index contributed by atoms with van der Waals surface area (Å²) in [4.78, 5) is 13.1. The van der Waals surface area contributed by atoms with E-state index >= 15 is 0 Å². The molecule has 8 heteroatoms. The number of nitrogens with zero attached hydrogens (tertiary/aromatic N) is 2. The maximum absolute atomic E-state index is 12.2. The van der Waals surface area contributed by atoms with Crippen molar-refractivity contribution in [3.63, 3.8) is 0 Å². The molecule has 2 N–H and O–H groups in total. The third-order valence-electron chi connectivity index (χ3n) is 3.19. The van der Waals surface area contributed by atoms with Crippen molar-refractivity contribution in [2.75, 3.05) is 26.7 Å². The Hall–Kier alpha value is -1.38. The zero-order chi connectivity index (χ0) is 16.0. The van der Waals surface area contributed by atoms with E-state index in [0.29, 0.717) is 13.1 Å². The van der Waals surface area contributed by atoms with Crippen LogP contribution in [0.1, 0.15) is 30.8 Å². The molecule has 0 aromatic carbocycles. The third-order valence-corrected chi connectivity index (χ3v) is 4.62. The Morgan fingerprint density at radius 3 is 2.62 bits per heavy atom. The summed E-state index contributed by atoms with van der Waals surface area (Å²) in [6.07, 6.45) is 2.10. The van der Waals surface area contributed by atoms with Gasteiger partial charge in [-0.15, -0.1) is 0 Å². The van der Waals surface area contributed by atoms with Gasteiger partial charge in [0.25, 0.3) is 0 Å². The number of aromatic carboxylic acids is 1. The molecule has 7 nitrogen and oxygen atoms in total. The lowest BCUT2D eigenvalue weighted by Crippen LogP contribution is -2.32. The van der Waals surface area contributed by atoms with Crippen molar-refractivity contribution in [2.24, 2.45) is 0 Å². The molecule has 0 unspecified atom stereocenters. The van der Waals surface area contributed by atoms with E-state index in [-0.39, 0.29) is 17.1 Å². The number of carbonyl (C=O) groups is 1. The Balaban J connectivity index is 2.88. The summed E-state index contributed by atoms with van der Waals surface area (Å²) < 4.78 is 28.3. The molecule has 0 amide bonds. The fraction of sp³-hybridized carbons (Fsp3) is 0.615. The largest absolute Gasteiger partial charge is 0.477 e.